The van der Waals surface area contributed by atoms with Gasteiger partial charge in [0.1, 0.15) is 9.52 Å². The Balaban J connectivity index is 1.31. The maximum atomic E-state index is 2.47. The maximum Gasteiger partial charge on any atom is 0.122 e. The van der Waals surface area contributed by atoms with E-state index >= 15 is 0 Å². The predicted octanol–water partition coefficient (Wildman–Crippen LogP) is 9.67. The summed E-state index contributed by atoms with van der Waals surface area (Å²) >= 11 is 0. The summed E-state index contributed by atoms with van der Waals surface area (Å²) in [5.41, 5.74) is 6.20. The number of unbranched alkanes of at least 4 members (excludes halogenated alkanes) is 15. The molecule has 1 aliphatic carbocycles. The number of hydrogen-bond acceptors (Lipinski definition) is 0. The standard InChI is InChI=1S/C35H52Si/c1-4-5-6-7-8-9-10-11-12-13-14-15-16-17-18-20-23-31-26-27-33-30(3)29(2)28-34(33)35(31)36-32-24-21-19-22-25-32/h19,21-22,24-28,30H,4-18,20,23H2,1-3H3. The van der Waals surface area contributed by atoms with Gasteiger partial charge in [0.05, 0.1) is 0 Å². The van der Waals surface area contributed by atoms with Gasteiger partial charge in [0, 0.05) is 5.92 Å². The van der Waals surface area contributed by atoms with E-state index in [2.05, 4.69) is 69.3 Å². The van der Waals surface area contributed by atoms with E-state index in [0.29, 0.717) is 5.92 Å². The zero-order chi connectivity index (χ0) is 25.4. The van der Waals surface area contributed by atoms with Gasteiger partial charge < -0.3 is 0 Å². The topological polar surface area (TPSA) is 0 Å². The molecule has 0 bridgehead atoms. The quantitative estimate of drug-likeness (QED) is 0.133. The van der Waals surface area contributed by atoms with Crippen molar-refractivity contribution < 1.29 is 0 Å². The first-order valence-electron chi connectivity index (χ1n) is 15.4. The first kappa shape index (κ1) is 29.0. The van der Waals surface area contributed by atoms with Crippen molar-refractivity contribution >= 4 is 26.0 Å². The number of allylic oxidation sites excluding steroid dienone is 1. The summed E-state index contributed by atoms with van der Waals surface area (Å²) in [4.78, 5) is 0. The van der Waals surface area contributed by atoms with E-state index in [4.69, 9.17) is 0 Å². The Morgan fingerprint density at radius 2 is 1.17 bits per heavy atom. The van der Waals surface area contributed by atoms with Crippen LogP contribution in [0.15, 0.2) is 48.0 Å². The molecule has 0 saturated carbocycles. The highest BCUT2D eigenvalue weighted by molar-refractivity contribution is 6.68. The van der Waals surface area contributed by atoms with Crippen molar-refractivity contribution in [2.45, 2.75) is 136 Å². The van der Waals surface area contributed by atoms with Crippen LogP contribution < -0.4 is 10.4 Å². The Morgan fingerprint density at radius 3 is 1.72 bits per heavy atom. The lowest BCUT2D eigenvalue weighted by Crippen LogP contribution is -2.32. The van der Waals surface area contributed by atoms with Crippen LogP contribution in [0.4, 0.5) is 0 Å². The first-order valence-corrected chi connectivity index (χ1v) is 16.4. The molecule has 0 nitrogen and oxygen atoms in total. The van der Waals surface area contributed by atoms with Crippen molar-refractivity contribution in [3.05, 3.63) is 64.7 Å². The average Bonchev–Trinajstić information content (AvgIpc) is 3.19. The molecule has 2 aromatic carbocycles. The Kier molecular flexibility index (Phi) is 13.7. The molecule has 196 valence electrons. The summed E-state index contributed by atoms with van der Waals surface area (Å²) < 4.78 is 0. The molecule has 0 saturated heterocycles. The monoisotopic (exact) mass is 500 g/mol. The number of benzene rings is 2. The van der Waals surface area contributed by atoms with Crippen molar-refractivity contribution in [1.29, 1.82) is 0 Å². The average molecular weight is 501 g/mol. The third kappa shape index (κ3) is 9.69. The van der Waals surface area contributed by atoms with Crippen LogP contribution in [0.5, 0.6) is 0 Å². The molecule has 0 fully saturated rings. The number of fused-ring (bicyclic) bond motifs is 1. The van der Waals surface area contributed by atoms with Crippen LogP contribution in [-0.4, -0.2) is 9.52 Å². The Morgan fingerprint density at radius 1 is 0.639 bits per heavy atom. The zero-order valence-electron chi connectivity index (χ0n) is 23.7. The fourth-order valence-electron chi connectivity index (χ4n) is 5.70. The van der Waals surface area contributed by atoms with Crippen LogP contribution in [0.25, 0.3) is 6.08 Å². The molecule has 1 atom stereocenters. The molecule has 1 heteroatoms. The van der Waals surface area contributed by atoms with E-state index in [-0.39, 0.29) is 0 Å². The Hall–Kier alpha value is -1.60. The Bertz CT molecular complexity index is 894. The third-order valence-electron chi connectivity index (χ3n) is 8.23. The van der Waals surface area contributed by atoms with Crippen molar-refractivity contribution in [3.63, 3.8) is 0 Å². The molecule has 0 amide bonds. The van der Waals surface area contributed by atoms with Crippen LogP contribution >= 0.6 is 0 Å². The lowest BCUT2D eigenvalue weighted by atomic mass is 9.96. The van der Waals surface area contributed by atoms with Gasteiger partial charge in [-0.1, -0.05) is 169 Å². The fraction of sp³-hybridized carbons (Fsp3) is 0.600. The highest BCUT2D eigenvalue weighted by Gasteiger charge is 2.22. The minimum absolute atomic E-state index is 0.573. The molecule has 36 heavy (non-hydrogen) atoms. The van der Waals surface area contributed by atoms with Crippen molar-refractivity contribution in [1.82, 2.24) is 0 Å². The van der Waals surface area contributed by atoms with Crippen LogP contribution in [0, 0.1) is 0 Å². The highest BCUT2D eigenvalue weighted by Crippen LogP contribution is 2.35. The molecule has 0 aliphatic heterocycles. The van der Waals surface area contributed by atoms with Gasteiger partial charge in [-0.3, -0.25) is 0 Å². The van der Waals surface area contributed by atoms with Gasteiger partial charge >= 0.3 is 0 Å². The second-order valence-electron chi connectivity index (χ2n) is 11.3. The van der Waals surface area contributed by atoms with Crippen LogP contribution in [-0.2, 0) is 6.42 Å². The SMILES string of the molecule is CCCCCCCCCCCCCCCCCCc1ccc2c(c1[Si]c1ccccc1)C=C(C)C2C. The lowest BCUT2D eigenvalue weighted by Gasteiger charge is -2.16. The predicted molar refractivity (Wildman–Crippen MR) is 163 cm³/mol. The summed E-state index contributed by atoms with van der Waals surface area (Å²) in [6.45, 7) is 6.97. The molecule has 0 aromatic heterocycles. The summed E-state index contributed by atoms with van der Waals surface area (Å²) in [6.07, 6.45) is 26.7. The van der Waals surface area contributed by atoms with Crippen molar-refractivity contribution in [3.8, 4) is 0 Å². The van der Waals surface area contributed by atoms with E-state index in [9.17, 15) is 0 Å². The first-order chi connectivity index (χ1) is 17.7. The second kappa shape index (κ2) is 17.0. The lowest BCUT2D eigenvalue weighted by molar-refractivity contribution is 0.529. The van der Waals surface area contributed by atoms with Gasteiger partial charge in [-0.15, -0.1) is 0 Å². The highest BCUT2D eigenvalue weighted by atomic mass is 28.2. The van der Waals surface area contributed by atoms with Crippen LogP contribution in [0.1, 0.15) is 146 Å². The molecular formula is C35H52Si. The van der Waals surface area contributed by atoms with Crippen molar-refractivity contribution in [2.75, 3.05) is 0 Å². The Labute approximate surface area is 226 Å². The van der Waals surface area contributed by atoms with Gasteiger partial charge in [0.25, 0.3) is 0 Å². The minimum atomic E-state index is 0.573. The number of hydrogen-bond donors (Lipinski definition) is 0. The molecule has 1 aliphatic rings. The summed E-state index contributed by atoms with van der Waals surface area (Å²) in [5, 5.41) is 3.08. The number of aryl methyl sites for hydroxylation is 1. The minimum Gasteiger partial charge on any atom is -0.0655 e. The van der Waals surface area contributed by atoms with E-state index in [1.165, 1.54) is 125 Å². The summed E-state index contributed by atoms with van der Waals surface area (Å²) in [5.74, 6) is 0.573. The maximum absolute atomic E-state index is 2.47. The fourth-order valence-corrected chi connectivity index (χ4v) is 7.07. The van der Waals surface area contributed by atoms with Gasteiger partial charge in [-0.2, -0.15) is 0 Å². The molecule has 3 rings (SSSR count). The molecule has 0 spiro atoms. The molecule has 0 heterocycles. The summed E-state index contributed by atoms with van der Waals surface area (Å²) in [7, 11) is 0.763. The van der Waals surface area contributed by atoms with Gasteiger partial charge in [-0.25, -0.2) is 0 Å². The third-order valence-corrected chi connectivity index (χ3v) is 9.69. The van der Waals surface area contributed by atoms with Gasteiger partial charge in [0.15, 0.2) is 0 Å². The summed E-state index contributed by atoms with van der Waals surface area (Å²) in [6, 6.07) is 16.0. The van der Waals surface area contributed by atoms with Crippen LogP contribution in [0.2, 0.25) is 0 Å². The molecule has 2 aromatic rings. The van der Waals surface area contributed by atoms with E-state index < -0.39 is 0 Å². The molecular weight excluding hydrogens is 448 g/mol. The molecule has 0 N–H and O–H groups in total. The zero-order valence-corrected chi connectivity index (χ0v) is 24.7. The molecule has 1 unspecified atom stereocenters. The van der Waals surface area contributed by atoms with E-state index in [0.717, 1.165) is 9.52 Å². The smallest absolute Gasteiger partial charge is 0.0655 e. The second-order valence-corrected chi connectivity index (χ2v) is 12.6. The van der Waals surface area contributed by atoms with E-state index in [1.807, 2.05) is 0 Å². The van der Waals surface area contributed by atoms with Crippen LogP contribution in [0.3, 0.4) is 0 Å². The van der Waals surface area contributed by atoms with Crippen molar-refractivity contribution in [2.24, 2.45) is 0 Å². The van der Waals surface area contributed by atoms with Gasteiger partial charge in [0.2, 0.25) is 0 Å². The molecule has 2 radical (unpaired) electrons. The van der Waals surface area contributed by atoms with E-state index in [1.54, 1.807) is 16.3 Å². The van der Waals surface area contributed by atoms with Gasteiger partial charge in [-0.05, 0) is 41.6 Å². The number of rotatable bonds is 19. The normalized spacial score (nSPS) is 14.8. The largest absolute Gasteiger partial charge is 0.122 e.